The maximum Gasteiger partial charge on any atom is 0.144 e. The second-order valence-corrected chi connectivity index (χ2v) is 15.7. The molecule has 8 rings (SSSR count). The number of isothiocyanates is 1. The lowest BCUT2D eigenvalue weighted by Gasteiger charge is -2.16. The third-order valence-corrected chi connectivity index (χ3v) is 10.5. The summed E-state index contributed by atoms with van der Waals surface area (Å²) in [6.45, 7) is 0. The predicted octanol–water partition coefficient (Wildman–Crippen LogP) is 14.0. The van der Waals surface area contributed by atoms with Gasteiger partial charge in [-0.25, -0.2) is 9.98 Å². The number of hydrogen-bond donors (Lipinski definition) is 3. The molecule has 0 saturated carbocycles. The molecule has 0 amide bonds. The van der Waals surface area contributed by atoms with E-state index in [4.69, 9.17) is 62.4 Å². The van der Waals surface area contributed by atoms with Gasteiger partial charge >= 0.3 is 0 Å². The molecule has 0 atom stereocenters. The average molecular weight is 1060 g/mol. The first-order chi connectivity index (χ1) is 36.6. The molecule has 0 heterocycles. The van der Waals surface area contributed by atoms with Crippen molar-refractivity contribution in [1.82, 2.24) is 0 Å². The van der Waals surface area contributed by atoms with Gasteiger partial charge in [-0.1, -0.05) is 141 Å². The van der Waals surface area contributed by atoms with Crippen LogP contribution in [0.5, 0.6) is 34.5 Å². The topological polar surface area (TPSA) is 180 Å². The first-order valence-corrected chi connectivity index (χ1v) is 23.8. The molecule has 13 nitrogen and oxygen atoms in total. The number of hydrogen-bond acceptors (Lipinski definition) is 12. The second kappa shape index (κ2) is 34.9. The summed E-state index contributed by atoms with van der Waals surface area (Å²) in [5, 5.41) is 14.2. The van der Waals surface area contributed by atoms with Crippen LogP contribution in [-0.2, 0) is 6.42 Å². The molecule has 0 aliphatic rings. The summed E-state index contributed by atoms with van der Waals surface area (Å²) in [5.74, 6) is 5.18. The van der Waals surface area contributed by atoms with Gasteiger partial charge in [-0.05, 0) is 103 Å². The third kappa shape index (κ3) is 20.3. The molecule has 76 heavy (non-hydrogen) atoms. The number of nitrogens with two attached hydrogens (primary N) is 2. The Bertz CT molecular complexity index is 3170. The summed E-state index contributed by atoms with van der Waals surface area (Å²) in [6.07, 6.45) is 0.586. The van der Waals surface area contributed by atoms with Crippen molar-refractivity contribution in [3.05, 3.63) is 229 Å². The van der Waals surface area contributed by atoms with Gasteiger partial charge in [0.1, 0.15) is 62.9 Å². The number of para-hydroxylation sites is 10. The Labute approximate surface area is 459 Å². The number of aliphatic imine (C=N–C) groups is 3. The maximum absolute atomic E-state index is 8.52. The monoisotopic (exact) mass is 1060 g/mol. The van der Waals surface area contributed by atoms with E-state index in [1.165, 1.54) is 0 Å². The van der Waals surface area contributed by atoms with Gasteiger partial charge in [0, 0.05) is 7.85 Å². The molecule has 8 aromatic carbocycles. The molecule has 0 bridgehead atoms. The number of nitrogen functional groups attached to an aromatic ring is 1. The zero-order chi connectivity index (χ0) is 54.0. The highest BCUT2D eigenvalue weighted by molar-refractivity contribution is 7.80. The molecule has 0 aliphatic heterocycles. The van der Waals surface area contributed by atoms with Crippen LogP contribution < -0.4 is 45.2 Å². The van der Waals surface area contributed by atoms with E-state index >= 15 is 0 Å². The number of ether oxygens (including phenoxy) is 6. The van der Waals surface area contributed by atoms with E-state index in [1.807, 2.05) is 188 Å². The summed E-state index contributed by atoms with van der Waals surface area (Å²) in [4.78, 5) is 13.5. The third-order valence-electron chi connectivity index (χ3n) is 10.2. The summed E-state index contributed by atoms with van der Waals surface area (Å²) in [5.41, 5.74) is 17.9. The number of thiocarbonyl (C=S) groups is 2. The van der Waals surface area contributed by atoms with Crippen molar-refractivity contribution >= 4 is 69.0 Å². The second-order valence-electron chi connectivity index (χ2n) is 15.0. The molecule has 0 fully saturated rings. The Morgan fingerprint density at radius 3 is 1.53 bits per heavy atom. The summed E-state index contributed by atoms with van der Waals surface area (Å²) in [6, 6.07) is 66.4. The number of nitriles is 1. The largest absolute Gasteiger partial charge is 0.496 e. The highest BCUT2D eigenvalue weighted by Crippen LogP contribution is 2.29. The van der Waals surface area contributed by atoms with Crippen LogP contribution in [0.3, 0.4) is 0 Å². The number of nitrogens with one attached hydrogen (secondary N) is 1. The van der Waals surface area contributed by atoms with Crippen LogP contribution >= 0.6 is 24.4 Å². The Balaban J connectivity index is 0.000000356. The van der Waals surface area contributed by atoms with Crippen LogP contribution in [0.4, 0.5) is 22.7 Å². The van der Waals surface area contributed by atoms with Crippen LogP contribution in [-0.4, -0.2) is 64.5 Å². The summed E-state index contributed by atoms with van der Waals surface area (Å²) < 4.78 is 31.3. The highest BCUT2D eigenvalue weighted by Gasteiger charge is 2.14. The van der Waals surface area contributed by atoms with Crippen LogP contribution in [0.2, 0.25) is 0 Å². The van der Waals surface area contributed by atoms with Crippen LogP contribution in [0, 0.1) is 11.3 Å². The quantitative estimate of drug-likeness (QED) is 0.0431. The zero-order valence-electron chi connectivity index (χ0n) is 42.5. The number of amidine groups is 2. The number of anilines is 2. The predicted molar refractivity (Wildman–Crippen MR) is 320 cm³/mol. The minimum atomic E-state index is 0. The van der Waals surface area contributed by atoms with Crippen LogP contribution in [0.1, 0.15) is 31.1 Å². The molecular formula is C61H65N7O6S2. The van der Waals surface area contributed by atoms with Gasteiger partial charge in [0.2, 0.25) is 0 Å². The van der Waals surface area contributed by atoms with Gasteiger partial charge in [-0.2, -0.15) is 10.3 Å². The highest BCUT2D eigenvalue weighted by atomic mass is 32.1. The lowest BCUT2D eigenvalue weighted by molar-refractivity contribution is 0.413. The van der Waals surface area contributed by atoms with Gasteiger partial charge in [0.05, 0.1) is 81.6 Å². The van der Waals surface area contributed by atoms with Crippen LogP contribution in [0.15, 0.2) is 221 Å². The fraction of sp³-hybridized carbons (Fsp3) is 0.131. The Morgan fingerprint density at radius 2 is 0.987 bits per heavy atom. The normalized spacial score (nSPS) is 9.96. The van der Waals surface area contributed by atoms with E-state index in [2.05, 4.69) is 32.7 Å². The van der Waals surface area contributed by atoms with E-state index in [-0.39, 0.29) is 8.85 Å². The van der Waals surface area contributed by atoms with Gasteiger partial charge in [0.15, 0.2) is 0 Å². The van der Waals surface area contributed by atoms with Gasteiger partial charge in [-0.15, -0.1) is 0 Å². The molecular weight excluding hydrogens is 991 g/mol. The van der Waals surface area contributed by atoms with Crippen molar-refractivity contribution in [2.45, 2.75) is 13.8 Å². The van der Waals surface area contributed by atoms with Gasteiger partial charge in [0.25, 0.3) is 0 Å². The van der Waals surface area contributed by atoms with Crippen molar-refractivity contribution in [3.8, 4) is 40.6 Å². The molecule has 0 spiro atoms. The fourth-order valence-corrected chi connectivity index (χ4v) is 6.90. The van der Waals surface area contributed by atoms with Crippen molar-refractivity contribution < 1.29 is 29.8 Å². The number of nitrogens with zero attached hydrogens (tertiary/aromatic N) is 4. The lowest BCUT2D eigenvalue weighted by atomic mass is 10.1. The summed E-state index contributed by atoms with van der Waals surface area (Å²) in [7, 11) is 9.65. The Hall–Kier alpha value is -9.32. The van der Waals surface area contributed by atoms with E-state index in [9.17, 15) is 0 Å². The van der Waals surface area contributed by atoms with Crippen molar-refractivity contribution in [3.63, 3.8) is 0 Å². The van der Waals surface area contributed by atoms with Crippen LogP contribution in [0.25, 0.3) is 0 Å². The minimum Gasteiger partial charge on any atom is -0.496 e. The van der Waals surface area contributed by atoms with Crippen molar-refractivity contribution in [1.29, 1.82) is 5.26 Å². The van der Waals surface area contributed by atoms with Gasteiger partial charge < -0.3 is 45.2 Å². The molecule has 8 aromatic rings. The van der Waals surface area contributed by atoms with Crippen molar-refractivity contribution in [2.75, 3.05) is 53.7 Å². The van der Waals surface area contributed by atoms with E-state index in [0.717, 1.165) is 39.6 Å². The Morgan fingerprint density at radius 1 is 0.539 bits per heavy atom. The Kier molecular flexibility index (Phi) is 28.0. The van der Waals surface area contributed by atoms with Gasteiger partial charge in [-0.3, -0.25) is 0 Å². The number of methoxy groups -OCH3 is 6. The molecule has 5 N–H and O–H groups in total. The SMILES string of the molecule is C.COc1ccccc1C#N.COc1ccccc1N.COc1ccccc1N=C(N)c1ccccc1OC.COc1ccccc1NC(=NC(=S)Cc1ccccc1)c1ccccc1OC.S=C=Nc1ccccc1.[HH]. The lowest BCUT2D eigenvalue weighted by Crippen LogP contribution is -2.17. The number of rotatable bonds is 13. The van der Waals surface area contributed by atoms with E-state index < -0.39 is 0 Å². The van der Waals surface area contributed by atoms with E-state index in [0.29, 0.717) is 63.0 Å². The molecule has 0 aromatic heterocycles. The van der Waals surface area contributed by atoms with E-state index in [1.54, 1.807) is 66.9 Å². The minimum absolute atomic E-state index is 0. The zero-order valence-corrected chi connectivity index (χ0v) is 44.2. The molecule has 0 unspecified atom stereocenters. The fourth-order valence-electron chi connectivity index (χ4n) is 6.53. The first-order valence-electron chi connectivity index (χ1n) is 23.0. The molecule has 15 heteroatoms. The number of benzene rings is 8. The van der Waals surface area contributed by atoms with Crippen molar-refractivity contribution in [2.24, 2.45) is 20.7 Å². The molecule has 0 saturated heterocycles. The standard InChI is InChI=1S/C23H22N2O2S.C15H16N2O2.C8H7NO.C7H9NO.C7H5NS.CH4.H2/c1-26-20-14-8-6-12-18(20)23(24-19-13-7-9-15-21(19)27-2)25-22(28)16-17-10-4-3-5-11-17;1-18-13-9-5-3-7-11(13)15(16)17-12-8-4-6-10-14(12)19-2;1-10-8-5-3-2-4-7(8)6-9;1-9-7-5-3-2-4-6(7)8;9-6-8-7-4-2-1-3-5-7;;/h3-15H,16H2,1-2H3,(H,24,25,28);3-10H,1-2H3,(H2,16,17);2-5H,1H3;2-5H,8H2,1H3;1-5H;1H4;1H. The molecule has 392 valence electrons. The smallest absolute Gasteiger partial charge is 0.144 e. The molecule has 0 aliphatic carbocycles. The average Bonchev–Trinajstić information content (AvgIpc) is 3.46. The maximum atomic E-state index is 8.52. The first kappa shape index (κ1) is 61.0. The summed E-state index contributed by atoms with van der Waals surface area (Å²) >= 11 is 9.99. The molecule has 0 radical (unpaired) electrons.